The van der Waals surface area contributed by atoms with Gasteiger partial charge in [0.15, 0.2) is 0 Å². The minimum absolute atomic E-state index is 0.205. The summed E-state index contributed by atoms with van der Waals surface area (Å²) in [5, 5.41) is 1.15. The molecule has 1 aromatic heterocycles. The smallest absolute Gasteiger partial charge is 0.133 e. The van der Waals surface area contributed by atoms with Gasteiger partial charge in [0.1, 0.15) is 11.6 Å². The molecule has 0 bridgehead atoms. The first-order chi connectivity index (χ1) is 8.88. The molecule has 0 aliphatic rings. The van der Waals surface area contributed by atoms with Gasteiger partial charge in [0, 0.05) is 27.1 Å². The predicted octanol–water partition coefficient (Wildman–Crippen LogP) is 4.46. The Hall–Kier alpha value is -1.32. The topological polar surface area (TPSA) is 51.8 Å². The monoisotopic (exact) mass is 295 g/mol. The van der Waals surface area contributed by atoms with Gasteiger partial charge in [-0.3, -0.25) is 0 Å². The zero-order valence-electron chi connectivity index (χ0n) is 11.0. The van der Waals surface area contributed by atoms with Crippen LogP contribution in [-0.2, 0) is 0 Å². The molecule has 19 heavy (non-hydrogen) atoms. The van der Waals surface area contributed by atoms with Crippen LogP contribution in [0.1, 0.15) is 31.2 Å². The molecule has 0 fully saturated rings. The second-order valence-corrected chi connectivity index (χ2v) is 5.63. The van der Waals surface area contributed by atoms with E-state index in [-0.39, 0.29) is 5.92 Å². The first-order valence-corrected chi connectivity index (χ1v) is 6.74. The van der Waals surface area contributed by atoms with Crippen LogP contribution in [0.2, 0.25) is 10.0 Å². The minimum Gasteiger partial charge on any atom is -0.383 e. The lowest BCUT2D eigenvalue weighted by Crippen LogP contribution is -2.06. The highest BCUT2D eigenvalue weighted by atomic mass is 35.5. The molecule has 2 rings (SSSR count). The number of nitrogens with two attached hydrogens (primary N) is 1. The van der Waals surface area contributed by atoms with Crippen molar-refractivity contribution < 1.29 is 0 Å². The number of benzene rings is 1. The van der Waals surface area contributed by atoms with Crippen LogP contribution in [0.15, 0.2) is 18.2 Å². The molecule has 2 N–H and O–H groups in total. The molecule has 1 aromatic carbocycles. The molecule has 0 amide bonds. The summed E-state index contributed by atoms with van der Waals surface area (Å²) in [4.78, 5) is 8.88. The van der Waals surface area contributed by atoms with E-state index in [0.717, 1.165) is 16.8 Å². The van der Waals surface area contributed by atoms with Crippen molar-refractivity contribution in [2.24, 2.45) is 0 Å². The maximum atomic E-state index is 6.04. The molecule has 100 valence electrons. The van der Waals surface area contributed by atoms with Crippen molar-refractivity contribution >= 4 is 29.0 Å². The van der Waals surface area contributed by atoms with Crippen molar-refractivity contribution in [3.8, 4) is 11.3 Å². The van der Waals surface area contributed by atoms with E-state index in [1.165, 1.54) is 0 Å². The Morgan fingerprint density at radius 2 is 1.63 bits per heavy atom. The fraction of sp³-hybridized carbons (Fsp3) is 0.286. The van der Waals surface area contributed by atoms with Gasteiger partial charge in [-0.2, -0.15) is 0 Å². The number of anilines is 1. The summed E-state index contributed by atoms with van der Waals surface area (Å²) in [5.74, 6) is 1.41. The quantitative estimate of drug-likeness (QED) is 0.889. The van der Waals surface area contributed by atoms with Gasteiger partial charge in [0.25, 0.3) is 0 Å². The van der Waals surface area contributed by atoms with E-state index >= 15 is 0 Å². The Morgan fingerprint density at radius 3 is 2.16 bits per heavy atom. The first-order valence-electron chi connectivity index (χ1n) is 5.99. The summed E-state index contributed by atoms with van der Waals surface area (Å²) in [6.07, 6.45) is 0. The lowest BCUT2D eigenvalue weighted by Gasteiger charge is -2.12. The van der Waals surface area contributed by atoms with E-state index in [2.05, 4.69) is 9.97 Å². The summed E-state index contributed by atoms with van der Waals surface area (Å²) in [5.41, 5.74) is 8.42. The SMILES string of the molecule is Cc1c(N)nc(C(C)C)nc1-c1cc(Cl)cc(Cl)c1. The Balaban J connectivity index is 2.66. The van der Waals surface area contributed by atoms with Crippen molar-refractivity contribution in [2.45, 2.75) is 26.7 Å². The van der Waals surface area contributed by atoms with Gasteiger partial charge in [-0.15, -0.1) is 0 Å². The number of nitrogen functional groups attached to an aromatic ring is 1. The highest BCUT2D eigenvalue weighted by Crippen LogP contribution is 2.30. The molecule has 0 saturated carbocycles. The first kappa shape index (κ1) is 14.1. The van der Waals surface area contributed by atoms with Crippen LogP contribution in [0.4, 0.5) is 5.82 Å². The van der Waals surface area contributed by atoms with Crippen LogP contribution >= 0.6 is 23.2 Å². The normalized spacial score (nSPS) is 11.1. The van der Waals surface area contributed by atoms with Crippen molar-refractivity contribution in [1.82, 2.24) is 9.97 Å². The van der Waals surface area contributed by atoms with E-state index < -0.39 is 0 Å². The Kier molecular flexibility index (Phi) is 3.97. The van der Waals surface area contributed by atoms with Crippen LogP contribution in [0.25, 0.3) is 11.3 Å². The lowest BCUT2D eigenvalue weighted by molar-refractivity contribution is 0.776. The van der Waals surface area contributed by atoms with Crippen LogP contribution in [-0.4, -0.2) is 9.97 Å². The van der Waals surface area contributed by atoms with Crippen LogP contribution in [0.5, 0.6) is 0 Å². The highest BCUT2D eigenvalue weighted by molar-refractivity contribution is 6.35. The minimum atomic E-state index is 0.205. The molecular weight excluding hydrogens is 281 g/mol. The Labute approximate surface area is 122 Å². The zero-order chi connectivity index (χ0) is 14.2. The van der Waals surface area contributed by atoms with Gasteiger partial charge in [-0.1, -0.05) is 37.0 Å². The number of hydrogen-bond donors (Lipinski definition) is 1. The summed E-state index contributed by atoms with van der Waals surface area (Å²) in [6.45, 7) is 5.95. The molecule has 0 aliphatic heterocycles. The van der Waals surface area contributed by atoms with Crippen molar-refractivity contribution in [2.75, 3.05) is 5.73 Å². The van der Waals surface area contributed by atoms with E-state index in [9.17, 15) is 0 Å². The molecular formula is C14H15Cl2N3. The average Bonchev–Trinajstić information content (AvgIpc) is 2.30. The van der Waals surface area contributed by atoms with E-state index in [1.54, 1.807) is 6.07 Å². The second kappa shape index (κ2) is 5.35. The summed E-state index contributed by atoms with van der Waals surface area (Å²) in [7, 11) is 0. The molecule has 5 heteroatoms. The average molecular weight is 296 g/mol. The van der Waals surface area contributed by atoms with Gasteiger partial charge in [0.05, 0.1) is 5.69 Å². The maximum absolute atomic E-state index is 6.04. The maximum Gasteiger partial charge on any atom is 0.133 e. The fourth-order valence-electron chi connectivity index (χ4n) is 1.78. The molecule has 0 unspecified atom stereocenters. The molecule has 3 nitrogen and oxygen atoms in total. The largest absolute Gasteiger partial charge is 0.383 e. The van der Waals surface area contributed by atoms with Crippen LogP contribution in [0, 0.1) is 6.92 Å². The van der Waals surface area contributed by atoms with Crippen LogP contribution in [0.3, 0.4) is 0 Å². The summed E-state index contributed by atoms with van der Waals surface area (Å²) >= 11 is 12.1. The van der Waals surface area contributed by atoms with Crippen molar-refractivity contribution in [3.63, 3.8) is 0 Å². The van der Waals surface area contributed by atoms with Gasteiger partial charge in [-0.05, 0) is 25.1 Å². The van der Waals surface area contributed by atoms with Crippen LogP contribution < -0.4 is 5.73 Å². The van der Waals surface area contributed by atoms with Gasteiger partial charge in [0.2, 0.25) is 0 Å². The number of hydrogen-bond acceptors (Lipinski definition) is 3. The third-order valence-corrected chi connectivity index (χ3v) is 3.29. The van der Waals surface area contributed by atoms with E-state index in [4.69, 9.17) is 28.9 Å². The molecule has 0 atom stereocenters. The molecule has 2 aromatic rings. The number of halogens is 2. The highest BCUT2D eigenvalue weighted by Gasteiger charge is 2.13. The number of nitrogens with zero attached hydrogens (tertiary/aromatic N) is 2. The predicted molar refractivity (Wildman–Crippen MR) is 80.7 cm³/mol. The Bertz CT molecular complexity index is 604. The van der Waals surface area contributed by atoms with Crippen molar-refractivity contribution in [1.29, 1.82) is 0 Å². The van der Waals surface area contributed by atoms with Gasteiger partial charge >= 0.3 is 0 Å². The molecule has 0 aliphatic carbocycles. The summed E-state index contributed by atoms with van der Waals surface area (Å²) in [6, 6.07) is 5.34. The molecule has 0 spiro atoms. The standard InChI is InChI=1S/C14H15Cl2N3/c1-7(2)14-18-12(8(3)13(17)19-14)9-4-10(15)6-11(16)5-9/h4-7H,1-3H3,(H2,17,18,19). The van der Waals surface area contributed by atoms with Gasteiger partial charge < -0.3 is 5.73 Å². The summed E-state index contributed by atoms with van der Waals surface area (Å²) < 4.78 is 0. The van der Waals surface area contributed by atoms with Gasteiger partial charge in [-0.25, -0.2) is 9.97 Å². The zero-order valence-corrected chi connectivity index (χ0v) is 12.5. The van der Waals surface area contributed by atoms with E-state index in [0.29, 0.717) is 21.7 Å². The third kappa shape index (κ3) is 2.99. The van der Waals surface area contributed by atoms with E-state index in [1.807, 2.05) is 32.9 Å². The lowest BCUT2D eigenvalue weighted by atomic mass is 10.1. The third-order valence-electron chi connectivity index (χ3n) is 2.85. The molecule has 0 saturated heterocycles. The Morgan fingerprint density at radius 1 is 1.05 bits per heavy atom. The fourth-order valence-corrected chi connectivity index (χ4v) is 2.31. The molecule has 0 radical (unpaired) electrons. The second-order valence-electron chi connectivity index (χ2n) is 4.75. The molecule has 1 heterocycles. The number of aromatic nitrogens is 2. The van der Waals surface area contributed by atoms with Crippen molar-refractivity contribution in [3.05, 3.63) is 39.6 Å². The number of rotatable bonds is 2.